The molecule has 1 aromatic heterocycles. The van der Waals surface area contributed by atoms with E-state index in [2.05, 4.69) is 67.5 Å². The van der Waals surface area contributed by atoms with E-state index in [1.165, 1.54) is 15.9 Å². The molecule has 1 N–H and O–H groups in total. The Morgan fingerprint density at radius 2 is 1.90 bits per heavy atom. The van der Waals surface area contributed by atoms with Crippen LogP contribution in [0.1, 0.15) is 52.9 Å². The molecule has 1 unspecified atom stereocenters. The van der Waals surface area contributed by atoms with Crippen LogP contribution in [0.25, 0.3) is 0 Å². The lowest BCUT2D eigenvalue weighted by molar-refractivity contribution is 0.228. The first-order valence-electron chi connectivity index (χ1n) is 7.79. The molecule has 1 rings (SSSR count). The van der Waals surface area contributed by atoms with E-state index < -0.39 is 0 Å². The van der Waals surface area contributed by atoms with Crippen LogP contribution in [0, 0.1) is 11.3 Å². The number of rotatable bonds is 7. The molecule has 0 bridgehead atoms. The molecule has 0 amide bonds. The van der Waals surface area contributed by atoms with Crippen molar-refractivity contribution in [3.05, 3.63) is 15.9 Å². The predicted molar refractivity (Wildman–Crippen MR) is 90.2 cm³/mol. The fourth-order valence-electron chi connectivity index (χ4n) is 2.45. The zero-order chi connectivity index (χ0) is 15.3. The quantitative estimate of drug-likeness (QED) is 0.809. The van der Waals surface area contributed by atoms with Crippen molar-refractivity contribution in [3.8, 4) is 0 Å². The molecular weight excluding hydrogens is 314 g/mol. The highest BCUT2D eigenvalue weighted by atomic mass is 79.9. The summed E-state index contributed by atoms with van der Waals surface area (Å²) in [5, 5.41) is 8.22. The molecule has 4 heteroatoms. The van der Waals surface area contributed by atoms with Gasteiger partial charge >= 0.3 is 0 Å². The van der Waals surface area contributed by atoms with Crippen LogP contribution in [0.15, 0.2) is 4.47 Å². The lowest BCUT2D eigenvalue weighted by atomic mass is 9.78. The van der Waals surface area contributed by atoms with E-state index in [0.29, 0.717) is 5.92 Å². The monoisotopic (exact) mass is 343 g/mol. The van der Waals surface area contributed by atoms with Crippen LogP contribution in [-0.4, -0.2) is 22.9 Å². The number of aryl methyl sites for hydroxylation is 2. The topological polar surface area (TPSA) is 29.9 Å². The van der Waals surface area contributed by atoms with Gasteiger partial charge in [0, 0.05) is 6.54 Å². The van der Waals surface area contributed by atoms with Gasteiger partial charge in [-0.15, -0.1) is 0 Å². The van der Waals surface area contributed by atoms with Crippen LogP contribution in [0.5, 0.6) is 0 Å². The highest BCUT2D eigenvalue weighted by Gasteiger charge is 2.27. The molecule has 0 aromatic carbocycles. The van der Waals surface area contributed by atoms with E-state index in [1.54, 1.807) is 0 Å². The van der Waals surface area contributed by atoms with Gasteiger partial charge in [0.15, 0.2) is 0 Å². The van der Waals surface area contributed by atoms with Gasteiger partial charge in [-0.3, -0.25) is 4.68 Å². The molecule has 0 saturated carbocycles. The maximum absolute atomic E-state index is 4.71. The van der Waals surface area contributed by atoms with Gasteiger partial charge in [0.05, 0.1) is 15.9 Å². The molecule has 0 aliphatic heterocycles. The summed E-state index contributed by atoms with van der Waals surface area (Å²) in [6, 6.07) is 0. The Hall–Kier alpha value is -0.350. The van der Waals surface area contributed by atoms with Crippen molar-refractivity contribution >= 4 is 15.9 Å². The SMILES string of the molecule is CCNCC(Cc1c(Br)c(CC)nn1CC)C(C)(C)C. The van der Waals surface area contributed by atoms with Crippen molar-refractivity contribution < 1.29 is 0 Å². The molecule has 0 spiro atoms. The Labute approximate surface area is 132 Å². The third-order valence-corrected chi connectivity index (χ3v) is 4.91. The lowest BCUT2D eigenvalue weighted by Crippen LogP contribution is -2.34. The highest BCUT2D eigenvalue weighted by molar-refractivity contribution is 9.10. The summed E-state index contributed by atoms with van der Waals surface area (Å²) in [6.45, 7) is 16.5. The van der Waals surface area contributed by atoms with Crippen LogP contribution in [0.2, 0.25) is 0 Å². The van der Waals surface area contributed by atoms with E-state index in [-0.39, 0.29) is 5.41 Å². The second-order valence-electron chi connectivity index (χ2n) is 6.45. The van der Waals surface area contributed by atoms with Crippen molar-refractivity contribution in [1.29, 1.82) is 0 Å². The number of hydrogen-bond acceptors (Lipinski definition) is 2. The van der Waals surface area contributed by atoms with Gasteiger partial charge in [-0.2, -0.15) is 5.10 Å². The normalized spacial score (nSPS) is 13.8. The fraction of sp³-hybridized carbons (Fsp3) is 0.812. The summed E-state index contributed by atoms with van der Waals surface area (Å²) in [5.41, 5.74) is 2.82. The summed E-state index contributed by atoms with van der Waals surface area (Å²) in [7, 11) is 0. The van der Waals surface area contributed by atoms with Crippen molar-refractivity contribution in [2.75, 3.05) is 13.1 Å². The Morgan fingerprint density at radius 1 is 1.25 bits per heavy atom. The second kappa shape index (κ2) is 7.60. The minimum atomic E-state index is 0.289. The molecule has 3 nitrogen and oxygen atoms in total. The van der Waals surface area contributed by atoms with Crippen LogP contribution in [0.4, 0.5) is 0 Å². The zero-order valence-electron chi connectivity index (χ0n) is 13.9. The number of nitrogens with zero attached hydrogens (tertiary/aromatic N) is 2. The van der Waals surface area contributed by atoms with Gasteiger partial charge < -0.3 is 5.32 Å². The van der Waals surface area contributed by atoms with Gasteiger partial charge in [-0.25, -0.2) is 0 Å². The van der Waals surface area contributed by atoms with E-state index >= 15 is 0 Å². The molecule has 0 fully saturated rings. The molecule has 0 aliphatic carbocycles. The molecular formula is C16H30BrN3. The first-order valence-corrected chi connectivity index (χ1v) is 8.59. The third-order valence-electron chi connectivity index (χ3n) is 4.00. The molecule has 116 valence electrons. The van der Waals surface area contributed by atoms with Crippen LogP contribution >= 0.6 is 15.9 Å². The van der Waals surface area contributed by atoms with E-state index in [1.807, 2.05) is 0 Å². The number of aromatic nitrogens is 2. The summed E-state index contributed by atoms with van der Waals surface area (Å²) in [5.74, 6) is 0.602. The summed E-state index contributed by atoms with van der Waals surface area (Å²) < 4.78 is 3.38. The molecule has 0 radical (unpaired) electrons. The average molecular weight is 344 g/mol. The van der Waals surface area contributed by atoms with Gasteiger partial charge in [-0.1, -0.05) is 34.6 Å². The predicted octanol–water partition coefficient (Wildman–Crippen LogP) is 4.04. The standard InChI is InChI=1S/C16H30BrN3/c1-7-13-15(17)14(20(9-3)19-13)10-12(11-18-8-2)16(4,5)6/h12,18H,7-11H2,1-6H3. The lowest BCUT2D eigenvalue weighted by Gasteiger charge is -2.31. The average Bonchev–Trinajstić information content (AvgIpc) is 2.69. The van der Waals surface area contributed by atoms with Crippen LogP contribution < -0.4 is 5.32 Å². The zero-order valence-corrected chi connectivity index (χ0v) is 15.5. The van der Waals surface area contributed by atoms with Gasteiger partial charge in [0.1, 0.15) is 0 Å². The maximum atomic E-state index is 4.71. The van der Waals surface area contributed by atoms with Crippen molar-refractivity contribution in [3.63, 3.8) is 0 Å². The number of halogens is 1. The summed E-state index contributed by atoms with van der Waals surface area (Å²) in [4.78, 5) is 0. The van der Waals surface area contributed by atoms with E-state index in [9.17, 15) is 0 Å². The number of nitrogens with one attached hydrogen (secondary N) is 1. The Kier molecular flexibility index (Phi) is 6.73. The number of hydrogen-bond donors (Lipinski definition) is 1. The first kappa shape index (κ1) is 17.7. The summed E-state index contributed by atoms with van der Waals surface area (Å²) >= 11 is 3.76. The van der Waals surface area contributed by atoms with Gasteiger partial charge in [0.2, 0.25) is 0 Å². The van der Waals surface area contributed by atoms with Crippen molar-refractivity contribution in [1.82, 2.24) is 15.1 Å². The molecule has 1 heterocycles. The van der Waals surface area contributed by atoms with E-state index in [0.717, 1.165) is 32.5 Å². The van der Waals surface area contributed by atoms with Gasteiger partial charge in [0.25, 0.3) is 0 Å². The molecule has 1 aromatic rings. The third kappa shape index (κ3) is 4.32. The van der Waals surface area contributed by atoms with Crippen LogP contribution in [0.3, 0.4) is 0 Å². The molecule has 0 aliphatic rings. The Balaban J connectivity index is 3.01. The van der Waals surface area contributed by atoms with Gasteiger partial charge in [-0.05, 0) is 60.1 Å². The Morgan fingerprint density at radius 3 is 2.35 bits per heavy atom. The van der Waals surface area contributed by atoms with Crippen LogP contribution in [-0.2, 0) is 19.4 Å². The van der Waals surface area contributed by atoms with E-state index in [4.69, 9.17) is 5.10 Å². The first-order chi connectivity index (χ1) is 9.35. The minimum absolute atomic E-state index is 0.289. The maximum Gasteiger partial charge on any atom is 0.0766 e. The molecule has 1 atom stereocenters. The Bertz CT molecular complexity index is 418. The summed E-state index contributed by atoms with van der Waals surface area (Å²) in [6.07, 6.45) is 2.05. The highest BCUT2D eigenvalue weighted by Crippen LogP contribution is 2.32. The fourth-order valence-corrected chi connectivity index (χ4v) is 3.18. The smallest absolute Gasteiger partial charge is 0.0766 e. The van der Waals surface area contributed by atoms with Crippen molar-refractivity contribution in [2.24, 2.45) is 11.3 Å². The van der Waals surface area contributed by atoms with Crippen molar-refractivity contribution in [2.45, 2.75) is 60.9 Å². The molecule has 0 saturated heterocycles. The second-order valence-corrected chi connectivity index (χ2v) is 7.24. The minimum Gasteiger partial charge on any atom is -0.317 e. The largest absolute Gasteiger partial charge is 0.317 e. The molecule has 20 heavy (non-hydrogen) atoms.